The zero-order chi connectivity index (χ0) is 15.2. The fourth-order valence-electron chi connectivity index (χ4n) is 1.67. The first-order chi connectivity index (χ1) is 10.1. The summed E-state index contributed by atoms with van der Waals surface area (Å²) in [4.78, 5) is 15.2. The molecule has 21 heavy (non-hydrogen) atoms. The first-order valence-electron chi connectivity index (χ1n) is 6.06. The van der Waals surface area contributed by atoms with Crippen molar-refractivity contribution in [1.29, 1.82) is 0 Å². The van der Waals surface area contributed by atoms with Crippen LogP contribution in [0.5, 0.6) is 5.75 Å². The van der Waals surface area contributed by atoms with Crippen molar-refractivity contribution >= 4 is 11.7 Å². The zero-order valence-electron chi connectivity index (χ0n) is 11.2. The van der Waals surface area contributed by atoms with Crippen LogP contribution in [0, 0.1) is 11.6 Å². The molecule has 0 aliphatic carbocycles. The van der Waals surface area contributed by atoms with Gasteiger partial charge in [0, 0.05) is 18.8 Å². The molecule has 0 unspecified atom stereocenters. The maximum Gasteiger partial charge on any atom is 0.319 e. The number of carbonyl (C=O) groups is 1. The summed E-state index contributed by atoms with van der Waals surface area (Å²) in [6.45, 7) is 0.0760. The van der Waals surface area contributed by atoms with E-state index in [2.05, 4.69) is 15.6 Å². The van der Waals surface area contributed by atoms with Crippen molar-refractivity contribution in [2.24, 2.45) is 0 Å². The second-order valence-corrected chi connectivity index (χ2v) is 4.16. The Kier molecular flexibility index (Phi) is 4.65. The fourth-order valence-corrected chi connectivity index (χ4v) is 1.67. The maximum atomic E-state index is 13.3. The number of rotatable bonds is 4. The Labute approximate surface area is 120 Å². The van der Waals surface area contributed by atoms with Crippen LogP contribution in [0.15, 0.2) is 36.7 Å². The van der Waals surface area contributed by atoms with Gasteiger partial charge in [-0.3, -0.25) is 4.98 Å². The van der Waals surface area contributed by atoms with Crippen molar-refractivity contribution in [2.45, 2.75) is 6.54 Å². The van der Waals surface area contributed by atoms with Crippen molar-refractivity contribution in [3.63, 3.8) is 0 Å². The Balaban J connectivity index is 1.95. The van der Waals surface area contributed by atoms with Gasteiger partial charge in [-0.25, -0.2) is 13.6 Å². The quantitative estimate of drug-likeness (QED) is 0.911. The van der Waals surface area contributed by atoms with E-state index in [9.17, 15) is 13.6 Å². The van der Waals surface area contributed by atoms with E-state index in [0.29, 0.717) is 11.3 Å². The van der Waals surface area contributed by atoms with Gasteiger partial charge in [-0.15, -0.1) is 0 Å². The Morgan fingerprint density at radius 1 is 1.33 bits per heavy atom. The molecule has 7 heteroatoms. The molecule has 2 N–H and O–H groups in total. The number of nitrogens with one attached hydrogen (secondary N) is 2. The number of benzene rings is 1. The average Bonchev–Trinajstić information content (AvgIpc) is 2.47. The van der Waals surface area contributed by atoms with Crippen molar-refractivity contribution < 1.29 is 18.3 Å². The topological polar surface area (TPSA) is 63.2 Å². The number of pyridine rings is 1. The lowest BCUT2D eigenvalue weighted by atomic mass is 10.2. The fraction of sp³-hybridized carbons (Fsp3) is 0.143. The molecule has 0 bridgehead atoms. The molecule has 0 fully saturated rings. The van der Waals surface area contributed by atoms with Gasteiger partial charge < -0.3 is 15.4 Å². The largest absolute Gasteiger partial charge is 0.497 e. The summed E-state index contributed by atoms with van der Waals surface area (Å²) in [5, 5.41) is 4.83. The molecular weight excluding hydrogens is 280 g/mol. The van der Waals surface area contributed by atoms with Gasteiger partial charge in [-0.1, -0.05) is 0 Å². The smallest absolute Gasteiger partial charge is 0.319 e. The first-order valence-corrected chi connectivity index (χ1v) is 6.06. The number of halogens is 2. The summed E-state index contributed by atoms with van der Waals surface area (Å²) in [6.07, 6.45) is 2.35. The van der Waals surface area contributed by atoms with Crippen LogP contribution in [-0.2, 0) is 6.54 Å². The minimum atomic E-state index is -0.639. The van der Waals surface area contributed by atoms with E-state index < -0.39 is 17.7 Å². The number of urea groups is 1. The van der Waals surface area contributed by atoms with Gasteiger partial charge >= 0.3 is 6.03 Å². The minimum absolute atomic E-state index is 0.0133. The molecule has 1 aromatic heterocycles. The van der Waals surface area contributed by atoms with E-state index in [0.717, 1.165) is 6.20 Å². The average molecular weight is 293 g/mol. The number of hydrogen-bond donors (Lipinski definition) is 2. The number of nitrogens with zero attached hydrogens (tertiary/aromatic N) is 1. The number of hydrogen-bond acceptors (Lipinski definition) is 3. The summed E-state index contributed by atoms with van der Waals surface area (Å²) in [5.74, 6) is -0.751. The Bertz CT molecular complexity index is 650. The third kappa shape index (κ3) is 4.13. The molecule has 0 aliphatic rings. The van der Waals surface area contributed by atoms with Crippen LogP contribution in [0.3, 0.4) is 0 Å². The Morgan fingerprint density at radius 2 is 2.14 bits per heavy atom. The van der Waals surface area contributed by atoms with Crippen molar-refractivity contribution in [3.05, 3.63) is 53.9 Å². The Morgan fingerprint density at radius 3 is 2.86 bits per heavy atom. The highest BCUT2D eigenvalue weighted by atomic mass is 19.1. The monoisotopic (exact) mass is 293 g/mol. The van der Waals surface area contributed by atoms with Gasteiger partial charge in [-0.05, 0) is 23.8 Å². The van der Waals surface area contributed by atoms with Crippen LogP contribution < -0.4 is 15.4 Å². The van der Waals surface area contributed by atoms with Crippen LogP contribution in [0.4, 0.5) is 19.3 Å². The van der Waals surface area contributed by atoms with Crippen LogP contribution in [-0.4, -0.2) is 18.1 Å². The number of carbonyl (C=O) groups excluding carboxylic acids is 1. The van der Waals surface area contributed by atoms with E-state index in [1.165, 1.54) is 31.5 Å². The van der Waals surface area contributed by atoms with Crippen LogP contribution >= 0.6 is 0 Å². The van der Waals surface area contributed by atoms with Crippen molar-refractivity contribution in [1.82, 2.24) is 10.3 Å². The molecule has 1 heterocycles. The summed E-state index contributed by atoms with van der Waals surface area (Å²) < 4.78 is 31.5. The summed E-state index contributed by atoms with van der Waals surface area (Å²) >= 11 is 0. The highest BCUT2D eigenvalue weighted by Crippen LogP contribution is 2.16. The summed E-state index contributed by atoms with van der Waals surface area (Å²) in [5.41, 5.74) is 0.538. The lowest BCUT2D eigenvalue weighted by molar-refractivity contribution is 0.251. The molecule has 0 aliphatic heterocycles. The normalized spacial score (nSPS) is 10.0. The molecule has 1 aromatic carbocycles. The molecule has 2 rings (SSSR count). The molecule has 2 aromatic rings. The molecule has 0 atom stereocenters. The van der Waals surface area contributed by atoms with E-state index in [1.807, 2.05) is 0 Å². The standard InChI is InChI=1S/C14H13F2N3O2/c1-21-11-5-9(4-10(15)6-11)7-18-14(20)19-13-2-3-17-8-12(13)16/h2-6,8H,7H2,1H3,(H2,17,18,19,20). The van der Waals surface area contributed by atoms with E-state index in [-0.39, 0.29) is 12.2 Å². The molecule has 5 nitrogen and oxygen atoms in total. The molecule has 0 spiro atoms. The van der Waals surface area contributed by atoms with Crippen molar-refractivity contribution in [3.8, 4) is 5.75 Å². The number of aromatic nitrogens is 1. The minimum Gasteiger partial charge on any atom is -0.497 e. The lowest BCUT2D eigenvalue weighted by Crippen LogP contribution is -2.28. The zero-order valence-corrected chi connectivity index (χ0v) is 11.2. The molecule has 0 saturated heterocycles. The van der Waals surface area contributed by atoms with Crippen molar-refractivity contribution in [2.75, 3.05) is 12.4 Å². The number of anilines is 1. The number of amides is 2. The van der Waals surface area contributed by atoms with Crippen LogP contribution in [0.2, 0.25) is 0 Å². The summed E-state index contributed by atoms with van der Waals surface area (Å²) in [6, 6.07) is 4.82. The van der Waals surface area contributed by atoms with Crippen LogP contribution in [0.25, 0.3) is 0 Å². The van der Waals surface area contributed by atoms with Gasteiger partial charge in [0.05, 0.1) is 19.0 Å². The summed E-state index contributed by atoms with van der Waals surface area (Å²) in [7, 11) is 1.42. The second-order valence-electron chi connectivity index (χ2n) is 4.16. The first kappa shape index (κ1) is 14.7. The van der Waals surface area contributed by atoms with E-state index in [1.54, 1.807) is 6.07 Å². The van der Waals surface area contributed by atoms with Gasteiger partial charge in [0.1, 0.15) is 11.6 Å². The molecular formula is C14H13F2N3O2. The maximum absolute atomic E-state index is 13.3. The SMILES string of the molecule is COc1cc(F)cc(CNC(=O)Nc2ccncc2F)c1. The molecule has 110 valence electrons. The highest BCUT2D eigenvalue weighted by Gasteiger charge is 2.07. The third-order valence-electron chi connectivity index (χ3n) is 2.64. The molecule has 0 saturated carbocycles. The number of methoxy groups -OCH3 is 1. The van der Waals surface area contributed by atoms with Gasteiger partial charge in [-0.2, -0.15) is 0 Å². The molecule has 2 amide bonds. The predicted molar refractivity (Wildman–Crippen MR) is 73.0 cm³/mol. The molecule has 0 radical (unpaired) electrons. The highest BCUT2D eigenvalue weighted by molar-refractivity contribution is 5.89. The van der Waals surface area contributed by atoms with Gasteiger partial charge in [0.25, 0.3) is 0 Å². The lowest BCUT2D eigenvalue weighted by Gasteiger charge is -2.09. The van der Waals surface area contributed by atoms with Gasteiger partial charge in [0.15, 0.2) is 5.82 Å². The van der Waals surface area contributed by atoms with E-state index in [4.69, 9.17) is 4.74 Å². The van der Waals surface area contributed by atoms with Crippen LogP contribution in [0.1, 0.15) is 5.56 Å². The predicted octanol–water partition coefficient (Wildman–Crippen LogP) is 2.69. The Hall–Kier alpha value is -2.70. The number of ether oxygens (including phenoxy) is 1. The third-order valence-corrected chi connectivity index (χ3v) is 2.64. The second kappa shape index (κ2) is 6.65. The van der Waals surface area contributed by atoms with Gasteiger partial charge in [0.2, 0.25) is 0 Å². The van der Waals surface area contributed by atoms with E-state index >= 15 is 0 Å².